The quantitative estimate of drug-likeness (QED) is 0.814. The van der Waals surface area contributed by atoms with Crippen LogP contribution >= 0.6 is 0 Å². The average molecular weight is 229 g/mol. The smallest absolute Gasteiger partial charge is 0.231 e. The van der Waals surface area contributed by atoms with Crippen LogP contribution in [0.1, 0.15) is 5.56 Å². The average Bonchev–Trinajstić information content (AvgIpc) is 2.97. The Morgan fingerprint density at radius 2 is 2.24 bits per heavy atom. The molecule has 0 unspecified atom stereocenters. The fraction of sp³-hybridized carbons (Fsp3) is 0.167. The van der Waals surface area contributed by atoms with Crippen LogP contribution in [0.4, 0.5) is 0 Å². The molecule has 2 heterocycles. The van der Waals surface area contributed by atoms with E-state index in [2.05, 4.69) is 4.98 Å². The number of benzene rings is 1. The van der Waals surface area contributed by atoms with Gasteiger partial charge in [-0.25, -0.2) is 4.98 Å². The summed E-state index contributed by atoms with van der Waals surface area (Å²) in [5.74, 6) is 1.45. The summed E-state index contributed by atoms with van der Waals surface area (Å²) in [6.07, 6.45) is 5.23. The van der Waals surface area contributed by atoms with E-state index in [-0.39, 0.29) is 6.79 Å². The van der Waals surface area contributed by atoms with Gasteiger partial charge in [-0.3, -0.25) is 0 Å². The monoisotopic (exact) mass is 229 g/mol. The zero-order chi connectivity index (χ0) is 11.7. The SMILES string of the molecule is N=C(Cn1ccnc1)c1ccc2c(c1)OCO2. The van der Waals surface area contributed by atoms with E-state index in [0.717, 1.165) is 11.3 Å². The van der Waals surface area contributed by atoms with E-state index in [9.17, 15) is 0 Å². The van der Waals surface area contributed by atoms with Crippen molar-refractivity contribution in [2.75, 3.05) is 6.79 Å². The number of hydrogen-bond acceptors (Lipinski definition) is 4. The second-order valence-corrected chi connectivity index (χ2v) is 3.78. The van der Waals surface area contributed by atoms with Gasteiger partial charge in [0.15, 0.2) is 11.5 Å². The second kappa shape index (κ2) is 3.93. The predicted molar refractivity (Wildman–Crippen MR) is 61.6 cm³/mol. The Hall–Kier alpha value is -2.30. The topological polar surface area (TPSA) is 60.1 Å². The normalized spacial score (nSPS) is 12.7. The minimum Gasteiger partial charge on any atom is -0.454 e. The maximum Gasteiger partial charge on any atom is 0.231 e. The molecule has 0 fully saturated rings. The molecule has 0 bridgehead atoms. The third-order valence-electron chi connectivity index (χ3n) is 2.62. The van der Waals surface area contributed by atoms with Crippen LogP contribution in [0.3, 0.4) is 0 Å². The minimum absolute atomic E-state index is 0.258. The van der Waals surface area contributed by atoms with E-state index in [0.29, 0.717) is 18.0 Å². The molecule has 17 heavy (non-hydrogen) atoms. The van der Waals surface area contributed by atoms with Crippen molar-refractivity contribution in [2.45, 2.75) is 6.54 Å². The number of rotatable bonds is 3. The first-order valence-electron chi connectivity index (χ1n) is 5.26. The molecular formula is C12H11N3O2. The third-order valence-corrected chi connectivity index (χ3v) is 2.62. The molecule has 1 aliphatic heterocycles. The highest BCUT2D eigenvalue weighted by molar-refractivity contribution is 5.98. The van der Waals surface area contributed by atoms with Gasteiger partial charge in [0.2, 0.25) is 6.79 Å². The first kappa shape index (κ1) is 9.89. The van der Waals surface area contributed by atoms with Crippen molar-refractivity contribution < 1.29 is 9.47 Å². The van der Waals surface area contributed by atoms with E-state index >= 15 is 0 Å². The summed E-state index contributed by atoms with van der Waals surface area (Å²) in [5, 5.41) is 8.02. The fourth-order valence-electron chi connectivity index (χ4n) is 1.74. The van der Waals surface area contributed by atoms with Crippen molar-refractivity contribution in [1.29, 1.82) is 5.41 Å². The third kappa shape index (κ3) is 1.87. The molecule has 1 aliphatic rings. The number of ether oxygens (including phenoxy) is 2. The maximum absolute atomic E-state index is 8.02. The Bertz CT molecular complexity index is 549. The summed E-state index contributed by atoms with van der Waals surface area (Å²) in [6.45, 7) is 0.757. The summed E-state index contributed by atoms with van der Waals surface area (Å²) in [7, 11) is 0. The van der Waals surface area contributed by atoms with Crippen LogP contribution in [0.5, 0.6) is 11.5 Å². The molecule has 3 rings (SSSR count). The Morgan fingerprint density at radius 1 is 1.35 bits per heavy atom. The van der Waals surface area contributed by atoms with Gasteiger partial charge in [0.25, 0.3) is 0 Å². The van der Waals surface area contributed by atoms with Crippen LogP contribution in [0.15, 0.2) is 36.9 Å². The van der Waals surface area contributed by atoms with Gasteiger partial charge in [-0.2, -0.15) is 0 Å². The highest BCUT2D eigenvalue weighted by Crippen LogP contribution is 2.32. The number of hydrogen-bond donors (Lipinski definition) is 1. The first-order chi connectivity index (χ1) is 8.33. The molecule has 5 heteroatoms. The summed E-state index contributed by atoms with van der Waals surface area (Å²) in [5.41, 5.74) is 1.35. The molecule has 0 radical (unpaired) electrons. The minimum atomic E-state index is 0.258. The Kier molecular flexibility index (Phi) is 2.29. The molecule has 0 saturated carbocycles. The fourth-order valence-corrected chi connectivity index (χ4v) is 1.74. The van der Waals surface area contributed by atoms with Crippen LogP contribution in [0.25, 0.3) is 0 Å². The van der Waals surface area contributed by atoms with Crippen LogP contribution in [0.2, 0.25) is 0 Å². The van der Waals surface area contributed by atoms with E-state index in [1.165, 1.54) is 0 Å². The summed E-state index contributed by atoms with van der Waals surface area (Å²) in [4.78, 5) is 3.95. The zero-order valence-corrected chi connectivity index (χ0v) is 9.09. The van der Waals surface area contributed by atoms with Crippen LogP contribution in [-0.4, -0.2) is 22.1 Å². The molecular weight excluding hydrogens is 218 g/mol. The largest absolute Gasteiger partial charge is 0.454 e. The summed E-state index contributed by atoms with van der Waals surface area (Å²) in [6, 6.07) is 5.54. The van der Waals surface area contributed by atoms with Crippen molar-refractivity contribution in [1.82, 2.24) is 9.55 Å². The summed E-state index contributed by atoms with van der Waals surface area (Å²) < 4.78 is 12.4. The standard InChI is InChI=1S/C12H11N3O2/c13-10(6-15-4-3-14-7-15)9-1-2-11-12(5-9)17-8-16-11/h1-5,7,13H,6,8H2. The molecule has 86 valence electrons. The highest BCUT2D eigenvalue weighted by Gasteiger charge is 2.14. The van der Waals surface area contributed by atoms with Crippen molar-refractivity contribution in [3.05, 3.63) is 42.5 Å². The molecule has 1 aromatic heterocycles. The molecule has 0 atom stereocenters. The number of nitrogens with zero attached hydrogens (tertiary/aromatic N) is 2. The summed E-state index contributed by atoms with van der Waals surface area (Å²) >= 11 is 0. The highest BCUT2D eigenvalue weighted by atomic mass is 16.7. The molecule has 5 nitrogen and oxygen atoms in total. The van der Waals surface area contributed by atoms with Gasteiger partial charge in [0.05, 0.1) is 18.6 Å². The van der Waals surface area contributed by atoms with Gasteiger partial charge in [0, 0.05) is 18.0 Å². The lowest BCUT2D eigenvalue weighted by molar-refractivity contribution is 0.174. The second-order valence-electron chi connectivity index (χ2n) is 3.78. The van der Waals surface area contributed by atoms with Crippen molar-refractivity contribution in [2.24, 2.45) is 0 Å². The van der Waals surface area contributed by atoms with E-state index < -0.39 is 0 Å². The van der Waals surface area contributed by atoms with E-state index in [1.54, 1.807) is 12.5 Å². The number of fused-ring (bicyclic) bond motifs is 1. The van der Waals surface area contributed by atoms with Crippen molar-refractivity contribution in [3.63, 3.8) is 0 Å². The van der Waals surface area contributed by atoms with Gasteiger partial charge < -0.3 is 19.5 Å². The first-order valence-corrected chi connectivity index (χ1v) is 5.26. The molecule has 1 aromatic carbocycles. The van der Waals surface area contributed by atoms with E-state index in [4.69, 9.17) is 14.9 Å². The van der Waals surface area contributed by atoms with Gasteiger partial charge in [-0.1, -0.05) is 0 Å². The Morgan fingerprint density at radius 3 is 3.06 bits per heavy atom. The van der Waals surface area contributed by atoms with Crippen molar-refractivity contribution >= 4 is 5.71 Å². The number of aromatic nitrogens is 2. The molecule has 2 aromatic rings. The number of imidazole rings is 1. The number of nitrogens with one attached hydrogen (secondary N) is 1. The molecule has 0 amide bonds. The lowest BCUT2D eigenvalue weighted by Gasteiger charge is -2.06. The van der Waals surface area contributed by atoms with Gasteiger partial charge in [-0.15, -0.1) is 0 Å². The Balaban J connectivity index is 1.82. The lowest BCUT2D eigenvalue weighted by Crippen LogP contribution is -2.08. The van der Waals surface area contributed by atoms with Crippen LogP contribution < -0.4 is 9.47 Å². The van der Waals surface area contributed by atoms with E-state index in [1.807, 2.05) is 29.0 Å². The van der Waals surface area contributed by atoms with Crippen molar-refractivity contribution in [3.8, 4) is 11.5 Å². The molecule has 0 aliphatic carbocycles. The van der Waals surface area contributed by atoms with Gasteiger partial charge in [0.1, 0.15) is 0 Å². The van der Waals surface area contributed by atoms with Crippen LogP contribution in [-0.2, 0) is 6.54 Å². The molecule has 1 N–H and O–H groups in total. The maximum atomic E-state index is 8.02. The zero-order valence-electron chi connectivity index (χ0n) is 9.09. The predicted octanol–water partition coefficient (Wildman–Crippen LogP) is 1.68. The lowest BCUT2D eigenvalue weighted by atomic mass is 10.1. The van der Waals surface area contributed by atoms with Gasteiger partial charge in [-0.05, 0) is 18.2 Å². The molecule has 0 spiro atoms. The Labute approximate surface area is 98.1 Å². The van der Waals surface area contributed by atoms with Crippen LogP contribution in [0, 0.1) is 5.41 Å². The van der Waals surface area contributed by atoms with Gasteiger partial charge >= 0.3 is 0 Å². The molecule has 0 saturated heterocycles.